The Morgan fingerprint density at radius 3 is 1.56 bits per heavy atom. The molecule has 0 atom stereocenters. The third-order valence-corrected chi connectivity index (χ3v) is 2.66. The van der Waals surface area contributed by atoms with Crippen LogP contribution in [0.2, 0.25) is 0 Å². The molecule has 0 aliphatic carbocycles. The fraction of sp³-hybridized carbons (Fsp3) is 0.643. The van der Waals surface area contributed by atoms with E-state index < -0.39 is 0 Å². The van der Waals surface area contributed by atoms with Gasteiger partial charge in [0.05, 0.1) is 0 Å². The summed E-state index contributed by atoms with van der Waals surface area (Å²) in [5.41, 5.74) is 9.32. The van der Waals surface area contributed by atoms with Gasteiger partial charge in [0.1, 0.15) is 0 Å². The van der Waals surface area contributed by atoms with Gasteiger partial charge in [-0.2, -0.15) is 0 Å². The molecule has 0 saturated heterocycles. The summed E-state index contributed by atoms with van der Waals surface area (Å²) in [4.78, 5) is 4.77. The first kappa shape index (κ1) is 13.2. The second-order valence-electron chi connectivity index (χ2n) is 6.45. The number of hydrogen-bond acceptors (Lipinski definition) is 2. The average molecular weight is 220 g/mol. The number of nitrogens with two attached hydrogens (primary N) is 1. The van der Waals surface area contributed by atoms with Gasteiger partial charge < -0.3 is 5.73 Å². The van der Waals surface area contributed by atoms with Crippen LogP contribution in [0.1, 0.15) is 58.5 Å². The largest absolute Gasteiger partial charge is 0.326 e. The molecular weight excluding hydrogens is 196 g/mol. The second-order valence-corrected chi connectivity index (χ2v) is 6.45. The molecule has 0 unspecified atom stereocenters. The smallest absolute Gasteiger partial charge is 0.0463 e. The van der Waals surface area contributed by atoms with Crippen LogP contribution in [0.5, 0.6) is 0 Å². The van der Waals surface area contributed by atoms with Crippen molar-refractivity contribution in [3.8, 4) is 0 Å². The van der Waals surface area contributed by atoms with Gasteiger partial charge >= 0.3 is 0 Å². The van der Waals surface area contributed by atoms with Crippen LogP contribution >= 0.6 is 0 Å². The Kier molecular flexibility index (Phi) is 3.44. The Hall–Kier alpha value is -0.890. The van der Waals surface area contributed by atoms with E-state index in [9.17, 15) is 0 Å². The highest BCUT2D eigenvalue weighted by atomic mass is 14.8. The number of nitrogens with zero attached hydrogens (tertiary/aromatic N) is 1. The van der Waals surface area contributed by atoms with Crippen LogP contribution in [-0.4, -0.2) is 4.98 Å². The van der Waals surface area contributed by atoms with Crippen LogP contribution in [0, 0.1) is 0 Å². The zero-order valence-electron chi connectivity index (χ0n) is 11.4. The maximum Gasteiger partial charge on any atom is 0.0463 e. The normalized spacial score (nSPS) is 12.9. The first-order chi connectivity index (χ1) is 7.14. The molecule has 0 bridgehead atoms. The SMILES string of the molecule is CC(C)(C)c1cc(CN)cc(C(C)(C)C)n1. The molecule has 16 heavy (non-hydrogen) atoms. The van der Waals surface area contributed by atoms with Gasteiger partial charge in [-0.3, -0.25) is 4.98 Å². The molecule has 1 heterocycles. The van der Waals surface area contributed by atoms with Gasteiger partial charge in [0, 0.05) is 28.8 Å². The predicted octanol–water partition coefficient (Wildman–Crippen LogP) is 3.14. The van der Waals surface area contributed by atoms with Gasteiger partial charge in [0.2, 0.25) is 0 Å². The molecule has 0 amide bonds. The fourth-order valence-corrected chi connectivity index (χ4v) is 1.47. The molecular formula is C14H24N2. The van der Waals surface area contributed by atoms with E-state index in [1.54, 1.807) is 0 Å². The van der Waals surface area contributed by atoms with Gasteiger partial charge in [-0.15, -0.1) is 0 Å². The Bertz CT molecular complexity index is 335. The molecule has 0 aromatic carbocycles. The number of pyridine rings is 1. The maximum atomic E-state index is 5.75. The maximum absolute atomic E-state index is 5.75. The van der Waals surface area contributed by atoms with E-state index in [4.69, 9.17) is 10.7 Å². The van der Waals surface area contributed by atoms with Crippen LogP contribution in [0.3, 0.4) is 0 Å². The van der Waals surface area contributed by atoms with Crippen molar-refractivity contribution in [1.29, 1.82) is 0 Å². The van der Waals surface area contributed by atoms with E-state index in [-0.39, 0.29) is 10.8 Å². The molecule has 0 aliphatic heterocycles. The lowest BCUT2D eigenvalue weighted by Crippen LogP contribution is -2.21. The summed E-state index contributed by atoms with van der Waals surface area (Å²) in [6.45, 7) is 13.7. The molecule has 90 valence electrons. The average Bonchev–Trinajstić information content (AvgIpc) is 2.14. The molecule has 1 aromatic heterocycles. The minimum absolute atomic E-state index is 0.0746. The molecule has 1 aromatic rings. The van der Waals surface area contributed by atoms with Crippen molar-refractivity contribution in [3.05, 3.63) is 29.1 Å². The van der Waals surface area contributed by atoms with Crippen molar-refractivity contribution >= 4 is 0 Å². The van der Waals surface area contributed by atoms with Crippen LogP contribution in [0.15, 0.2) is 12.1 Å². The van der Waals surface area contributed by atoms with Gasteiger partial charge in [-0.1, -0.05) is 41.5 Å². The third-order valence-electron chi connectivity index (χ3n) is 2.66. The standard InChI is InChI=1S/C14H24N2/c1-13(2,3)11-7-10(9-15)8-12(16-11)14(4,5)6/h7-8H,9,15H2,1-6H3. The quantitative estimate of drug-likeness (QED) is 0.789. The van der Waals surface area contributed by atoms with Crippen LogP contribution in [-0.2, 0) is 17.4 Å². The minimum atomic E-state index is 0.0746. The Balaban J connectivity index is 3.33. The minimum Gasteiger partial charge on any atom is -0.326 e. The van der Waals surface area contributed by atoms with Crippen molar-refractivity contribution in [2.24, 2.45) is 5.73 Å². The summed E-state index contributed by atoms with van der Waals surface area (Å²) >= 11 is 0. The van der Waals surface area contributed by atoms with E-state index in [1.807, 2.05) is 0 Å². The third kappa shape index (κ3) is 3.05. The molecule has 2 heteroatoms. The zero-order chi connectivity index (χ0) is 12.6. The van der Waals surface area contributed by atoms with Crippen molar-refractivity contribution in [1.82, 2.24) is 4.98 Å². The molecule has 0 saturated carbocycles. The number of aromatic nitrogens is 1. The lowest BCUT2D eigenvalue weighted by molar-refractivity contribution is 0.529. The molecule has 0 radical (unpaired) electrons. The predicted molar refractivity (Wildman–Crippen MR) is 69.5 cm³/mol. The summed E-state index contributed by atoms with van der Waals surface area (Å²) < 4.78 is 0. The summed E-state index contributed by atoms with van der Waals surface area (Å²) in [6.07, 6.45) is 0. The van der Waals surface area contributed by atoms with Crippen molar-refractivity contribution < 1.29 is 0 Å². The second kappa shape index (κ2) is 4.17. The first-order valence-corrected chi connectivity index (χ1v) is 5.86. The fourth-order valence-electron chi connectivity index (χ4n) is 1.47. The molecule has 2 nitrogen and oxygen atoms in total. The lowest BCUT2D eigenvalue weighted by Gasteiger charge is -2.24. The zero-order valence-corrected chi connectivity index (χ0v) is 11.4. The van der Waals surface area contributed by atoms with Gasteiger partial charge in [0.25, 0.3) is 0 Å². The van der Waals surface area contributed by atoms with Gasteiger partial charge in [-0.05, 0) is 17.7 Å². The molecule has 1 rings (SSSR count). The lowest BCUT2D eigenvalue weighted by atomic mass is 9.86. The van der Waals surface area contributed by atoms with Crippen molar-refractivity contribution in [2.45, 2.75) is 58.9 Å². The first-order valence-electron chi connectivity index (χ1n) is 5.86. The number of rotatable bonds is 1. The van der Waals surface area contributed by atoms with E-state index >= 15 is 0 Å². The van der Waals surface area contributed by atoms with Crippen molar-refractivity contribution in [3.63, 3.8) is 0 Å². The highest BCUT2D eigenvalue weighted by molar-refractivity contribution is 5.28. The molecule has 2 N–H and O–H groups in total. The molecule has 0 aliphatic rings. The summed E-state index contributed by atoms with van der Waals surface area (Å²) in [5, 5.41) is 0. The van der Waals surface area contributed by atoms with E-state index in [0.29, 0.717) is 6.54 Å². The summed E-state index contributed by atoms with van der Waals surface area (Å²) in [6, 6.07) is 4.24. The monoisotopic (exact) mass is 220 g/mol. The van der Waals surface area contributed by atoms with E-state index in [1.165, 1.54) is 5.56 Å². The van der Waals surface area contributed by atoms with Crippen molar-refractivity contribution in [2.75, 3.05) is 0 Å². The Morgan fingerprint density at radius 2 is 1.31 bits per heavy atom. The molecule has 0 fully saturated rings. The topological polar surface area (TPSA) is 38.9 Å². The Morgan fingerprint density at radius 1 is 0.938 bits per heavy atom. The van der Waals surface area contributed by atoms with Crippen LogP contribution < -0.4 is 5.73 Å². The number of hydrogen-bond donors (Lipinski definition) is 1. The summed E-state index contributed by atoms with van der Waals surface area (Å²) in [7, 11) is 0. The van der Waals surface area contributed by atoms with Gasteiger partial charge in [0.15, 0.2) is 0 Å². The van der Waals surface area contributed by atoms with Gasteiger partial charge in [-0.25, -0.2) is 0 Å². The highest BCUT2D eigenvalue weighted by Crippen LogP contribution is 2.26. The van der Waals surface area contributed by atoms with Crippen LogP contribution in [0.25, 0.3) is 0 Å². The Labute approximate surface area is 99.3 Å². The summed E-state index contributed by atoms with van der Waals surface area (Å²) in [5.74, 6) is 0. The molecule has 0 spiro atoms. The van der Waals surface area contributed by atoms with E-state index in [0.717, 1.165) is 11.4 Å². The van der Waals surface area contributed by atoms with E-state index in [2.05, 4.69) is 53.7 Å². The van der Waals surface area contributed by atoms with Crippen LogP contribution in [0.4, 0.5) is 0 Å². The highest BCUT2D eigenvalue weighted by Gasteiger charge is 2.21.